The molecule has 0 unspecified atom stereocenters. The number of allylic oxidation sites excluding steroid dienone is 6. The van der Waals surface area contributed by atoms with Gasteiger partial charge >= 0.3 is 0 Å². The normalized spacial score (nSPS) is 16.8. The Balaban J connectivity index is 1.70. The predicted molar refractivity (Wildman–Crippen MR) is 167 cm³/mol. The summed E-state index contributed by atoms with van der Waals surface area (Å²) in [7, 11) is 1.65. The van der Waals surface area contributed by atoms with Crippen LogP contribution in [0, 0.1) is 5.82 Å². The highest BCUT2D eigenvalue weighted by molar-refractivity contribution is 6.03. The molecule has 1 aromatic carbocycles. The topological polar surface area (TPSA) is 107 Å². The van der Waals surface area contributed by atoms with Crippen molar-refractivity contribution in [3.05, 3.63) is 95.3 Å². The molecule has 9 nitrogen and oxygen atoms in total. The summed E-state index contributed by atoms with van der Waals surface area (Å²) in [6, 6.07) is 6.60. The summed E-state index contributed by atoms with van der Waals surface area (Å²) >= 11 is 0. The molecule has 0 aliphatic carbocycles. The number of halogens is 1. The van der Waals surface area contributed by atoms with Crippen molar-refractivity contribution in [3.8, 4) is 0 Å². The first-order valence-electron chi connectivity index (χ1n) is 14.0. The molecule has 5 rings (SSSR count). The van der Waals surface area contributed by atoms with Gasteiger partial charge in [0.05, 0.1) is 29.9 Å². The van der Waals surface area contributed by atoms with Crippen LogP contribution in [0.2, 0.25) is 0 Å². The molecular formula is C32H35FN8O. The molecule has 0 fully saturated rings. The summed E-state index contributed by atoms with van der Waals surface area (Å²) < 4.78 is 21.6. The molecule has 2 aliphatic rings. The van der Waals surface area contributed by atoms with E-state index in [1.165, 1.54) is 12.4 Å². The number of benzene rings is 1. The van der Waals surface area contributed by atoms with Crippen LogP contribution in [0.15, 0.2) is 88.2 Å². The smallest absolute Gasteiger partial charge is 0.164 e. The maximum absolute atomic E-state index is 14.5. The van der Waals surface area contributed by atoms with E-state index in [4.69, 9.17) is 20.6 Å². The van der Waals surface area contributed by atoms with Gasteiger partial charge in [-0.2, -0.15) is 5.10 Å². The van der Waals surface area contributed by atoms with Crippen LogP contribution in [0.5, 0.6) is 0 Å². The third-order valence-electron chi connectivity index (χ3n) is 7.03. The van der Waals surface area contributed by atoms with Gasteiger partial charge in [-0.15, -0.1) is 0 Å². The quantitative estimate of drug-likeness (QED) is 0.305. The van der Waals surface area contributed by atoms with E-state index in [9.17, 15) is 4.39 Å². The Morgan fingerprint density at radius 3 is 2.76 bits per heavy atom. The first kappa shape index (κ1) is 28.8. The number of ether oxygens (including phenoxy) is 1. The molecule has 0 amide bonds. The van der Waals surface area contributed by atoms with Crippen LogP contribution in [-0.4, -0.2) is 49.9 Å². The zero-order valence-electron chi connectivity index (χ0n) is 24.6. The summed E-state index contributed by atoms with van der Waals surface area (Å²) in [5.74, 6) is 0.786. The Labute approximate surface area is 245 Å². The number of hydrogen-bond acceptors (Lipinski definition) is 8. The fraction of sp³-hybridized carbons (Fsp3) is 0.281. The van der Waals surface area contributed by atoms with Crippen LogP contribution in [0.25, 0.3) is 22.2 Å². The molecule has 216 valence electrons. The SMILES string of the molecule is CC/C=C1/C(c2cccc(F)c2)=C(Cn2nc(/C(C)=C/N=C(\CC)COC)c3c(N)ncnc32)N=C2C=CC(C)=CN21. The number of anilines is 1. The van der Waals surface area contributed by atoms with Gasteiger partial charge in [-0.3, -0.25) is 4.99 Å². The standard InChI is InChI=1S/C32H35FN8O/c1-6-9-26-28(22-10-8-11-23(33)14-22)25(38-27-13-12-20(3)16-40(26)27)17-41-32-29(31(34)36-19-37-32)30(39-41)21(4)15-35-24(7-2)18-42-5/h8-16,19H,6-7,17-18H2,1-5H3,(H2,34,36,37)/b21-15+,26-9-,35-24+. The maximum atomic E-state index is 14.5. The molecule has 0 atom stereocenters. The largest absolute Gasteiger partial charge is 0.383 e. The van der Waals surface area contributed by atoms with Gasteiger partial charge in [0.15, 0.2) is 5.65 Å². The summed E-state index contributed by atoms with van der Waals surface area (Å²) in [4.78, 5) is 20.5. The van der Waals surface area contributed by atoms with Crippen LogP contribution in [0.3, 0.4) is 0 Å². The van der Waals surface area contributed by atoms with Gasteiger partial charge in [0.2, 0.25) is 0 Å². The number of methoxy groups -OCH3 is 1. The Bertz CT molecular complexity index is 1740. The molecule has 2 aliphatic heterocycles. The highest BCUT2D eigenvalue weighted by Gasteiger charge is 2.29. The number of nitrogens with zero attached hydrogens (tertiary/aromatic N) is 7. The second-order valence-electron chi connectivity index (χ2n) is 10.1. The van der Waals surface area contributed by atoms with E-state index >= 15 is 0 Å². The minimum absolute atomic E-state index is 0.272. The summed E-state index contributed by atoms with van der Waals surface area (Å²) in [5, 5.41) is 5.59. The lowest BCUT2D eigenvalue weighted by atomic mass is 9.96. The van der Waals surface area contributed by atoms with Crippen molar-refractivity contribution in [2.45, 2.75) is 47.1 Å². The Morgan fingerprint density at radius 1 is 1.19 bits per heavy atom. The van der Waals surface area contributed by atoms with Gasteiger partial charge in [0, 0.05) is 30.8 Å². The van der Waals surface area contributed by atoms with Crippen molar-refractivity contribution in [3.63, 3.8) is 0 Å². The molecule has 10 heteroatoms. The third kappa shape index (κ3) is 5.71. The fourth-order valence-electron chi connectivity index (χ4n) is 5.02. The van der Waals surface area contributed by atoms with Crippen molar-refractivity contribution < 1.29 is 9.13 Å². The predicted octanol–water partition coefficient (Wildman–Crippen LogP) is 6.30. The van der Waals surface area contributed by atoms with Crippen molar-refractivity contribution in [1.29, 1.82) is 0 Å². The second-order valence-corrected chi connectivity index (χ2v) is 10.1. The van der Waals surface area contributed by atoms with Crippen LogP contribution < -0.4 is 5.73 Å². The van der Waals surface area contributed by atoms with Gasteiger partial charge in [0.25, 0.3) is 0 Å². The number of aliphatic imine (C=N–C) groups is 2. The minimum Gasteiger partial charge on any atom is -0.383 e. The van der Waals surface area contributed by atoms with Crippen LogP contribution in [0.1, 0.15) is 51.8 Å². The van der Waals surface area contributed by atoms with Gasteiger partial charge < -0.3 is 15.4 Å². The lowest BCUT2D eigenvalue weighted by Crippen LogP contribution is -2.31. The van der Waals surface area contributed by atoms with E-state index in [1.807, 2.05) is 39.0 Å². The molecule has 3 aromatic rings. The second kappa shape index (κ2) is 12.4. The average molecular weight is 567 g/mol. The minimum atomic E-state index is -0.316. The molecule has 2 aromatic heterocycles. The van der Waals surface area contributed by atoms with Crippen molar-refractivity contribution >= 4 is 39.5 Å². The first-order chi connectivity index (χ1) is 20.3. The van der Waals surface area contributed by atoms with Crippen LogP contribution in [0.4, 0.5) is 10.2 Å². The van der Waals surface area contributed by atoms with E-state index in [0.29, 0.717) is 29.2 Å². The molecular weight excluding hydrogens is 531 g/mol. The van der Waals surface area contributed by atoms with Crippen LogP contribution in [-0.2, 0) is 11.3 Å². The molecule has 2 N–H and O–H groups in total. The summed E-state index contributed by atoms with van der Waals surface area (Å²) in [6.07, 6.45) is 13.0. The summed E-state index contributed by atoms with van der Waals surface area (Å²) in [5.41, 5.74) is 13.6. The van der Waals surface area contributed by atoms with E-state index in [2.05, 4.69) is 39.1 Å². The molecule has 0 spiro atoms. The zero-order chi connectivity index (χ0) is 29.8. The maximum Gasteiger partial charge on any atom is 0.164 e. The Kier molecular flexibility index (Phi) is 8.53. The van der Waals surface area contributed by atoms with E-state index in [1.54, 1.807) is 30.1 Å². The van der Waals surface area contributed by atoms with Crippen LogP contribution >= 0.6 is 0 Å². The monoisotopic (exact) mass is 566 g/mol. The van der Waals surface area contributed by atoms with Crippen molar-refractivity contribution in [1.82, 2.24) is 24.6 Å². The molecule has 42 heavy (non-hydrogen) atoms. The number of amidine groups is 1. The van der Waals surface area contributed by atoms with Gasteiger partial charge in [-0.1, -0.05) is 38.1 Å². The first-order valence-corrected chi connectivity index (χ1v) is 14.0. The zero-order valence-corrected chi connectivity index (χ0v) is 24.6. The highest BCUT2D eigenvalue weighted by atomic mass is 19.1. The number of aromatic nitrogens is 4. The van der Waals surface area contributed by atoms with Gasteiger partial charge in [-0.25, -0.2) is 24.0 Å². The lowest BCUT2D eigenvalue weighted by molar-refractivity contribution is 0.244. The molecule has 0 saturated heterocycles. The number of fused-ring (bicyclic) bond motifs is 2. The van der Waals surface area contributed by atoms with Crippen molar-refractivity contribution in [2.24, 2.45) is 9.98 Å². The highest BCUT2D eigenvalue weighted by Crippen LogP contribution is 2.38. The summed E-state index contributed by atoms with van der Waals surface area (Å²) in [6.45, 7) is 8.81. The van der Waals surface area contributed by atoms with E-state index in [0.717, 1.165) is 58.1 Å². The van der Waals surface area contributed by atoms with Gasteiger partial charge in [-0.05, 0) is 61.6 Å². The van der Waals surface area contributed by atoms with Gasteiger partial charge in [0.1, 0.15) is 29.5 Å². The molecule has 0 radical (unpaired) electrons. The van der Waals surface area contributed by atoms with Crippen molar-refractivity contribution in [2.75, 3.05) is 19.5 Å². The number of rotatable bonds is 9. The Morgan fingerprint density at radius 2 is 2.02 bits per heavy atom. The average Bonchev–Trinajstić information content (AvgIpc) is 3.35. The number of nitrogens with two attached hydrogens (primary N) is 1. The Hall–Kier alpha value is -4.70. The molecule has 4 heterocycles. The fourth-order valence-corrected chi connectivity index (χ4v) is 5.02. The molecule has 0 saturated carbocycles. The van der Waals surface area contributed by atoms with E-state index < -0.39 is 0 Å². The third-order valence-corrected chi connectivity index (χ3v) is 7.03. The van der Waals surface area contributed by atoms with E-state index in [-0.39, 0.29) is 12.4 Å². The number of nitrogen functional groups attached to an aromatic ring is 1. The number of hydrogen-bond donors (Lipinski definition) is 1. The molecule has 0 bridgehead atoms. The lowest BCUT2D eigenvalue weighted by Gasteiger charge is -2.33.